The Morgan fingerprint density at radius 2 is 2.05 bits per heavy atom. The van der Waals surface area contributed by atoms with Gasteiger partial charge in [-0.15, -0.1) is 0 Å². The van der Waals surface area contributed by atoms with E-state index < -0.39 is 5.97 Å². The van der Waals surface area contributed by atoms with Gasteiger partial charge in [-0.3, -0.25) is 4.79 Å². The molecule has 20 heavy (non-hydrogen) atoms. The smallest absolute Gasteiger partial charge is 0.352 e. The highest BCUT2D eigenvalue weighted by Crippen LogP contribution is 2.17. The van der Waals surface area contributed by atoms with E-state index in [1.54, 1.807) is 13.8 Å². The molecule has 1 heterocycles. The number of hydrogen-bond donors (Lipinski definition) is 3. The molecule has 6 nitrogen and oxygen atoms in total. The number of nitrogens with one attached hydrogen (secondary N) is 2. The van der Waals surface area contributed by atoms with Crippen molar-refractivity contribution in [3.05, 3.63) is 34.7 Å². The number of aromatic carboxylic acids is 1. The van der Waals surface area contributed by atoms with Gasteiger partial charge in [0.15, 0.2) is 0 Å². The van der Waals surface area contributed by atoms with Gasteiger partial charge in [0.1, 0.15) is 5.69 Å². The summed E-state index contributed by atoms with van der Waals surface area (Å²) in [7, 11) is 0. The molecule has 0 atom stereocenters. The van der Waals surface area contributed by atoms with Crippen molar-refractivity contribution in [2.75, 3.05) is 19.8 Å². The molecule has 0 fully saturated rings. The molecule has 1 aromatic heterocycles. The van der Waals surface area contributed by atoms with Crippen molar-refractivity contribution in [3.63, 3.8) is 0 Å². The van der Waals surface area contributed by atoms with Crippen molar-refractivity contribution in [2.45, 2.75) is 20.8 Å². The molecule has 3 N–H and O–H groups in total. The van der Waals surface area contributed by atoms with Gasteiger partial charge in [-0.05, 0) is 26.3 Å². The molecule has 0 aliphatic carbocycles. The maximum atomic E-state index is 12.0. The quantitative estimate of drug-likeness (QED) is 0.523. The fourth-order valence-corrected chi connectivity index (χ4v) is 1.88. The number of ether oxygens (including phenoxy) is 1. The summed E-state index contributed by atoms with van der Waals surface area (Å²) in [5.41, 5.74) is 2.32. The van der Waals surface area contributed by atoms with E-state index in [0.717, 1.165) is 5.57 Å². The number of hydrogen-bond acceptors (Lipinski definition) is 3. The third kappa shape index (κ3) is 3.96. The monoisotopic (exact) mass is 280 g/mol. The Balaban J connectivity index is 2.60. The van der Waals surface area contributed by atoms with Crippen LogP contribution in [0.2, 0.25) is 0 Å². The third-order valence-electron chi connectivity index (χ3n) is 2.76. The summed E-state index contributed by atoms with van der Waals surface area (Å²) in [5.74, 6) is -1.38. The second-order valence-electron chi connectivity index (χ2n) is 4.70. The van der Waals surface area contributed by atoms with E-state index in [9.17, 15) is 9.59 Å². The maximum absolute atomic E-state index is 12.0. The van der Waals surface area contributed by atoms with Crippen LogP contribution in [-0.4, -0.2) is 41.7 Å². The number of rotatable bonds is 7. The minimum absolute atomic E-state index is 0.0474. The first-order valence-electron chi connectivity index (χ1n) is 6.27. The molecule has 1 amide bonds. The topological polar surface area (TPSA) is 91.4 Å². The molecule has 0 bridgehead atoms. The van der Waals surface area contributed by atoms with Crippen LogP contribution in [0.15, 0.2) is 12.2 Å². The Labute approximate surface area is 117 Å². The number of carboxylic acids is 1. The van der Waals surface area contributed by atoms with Crippen molar-refractivity contribution < 1.29 is 19.4 Å². The predicted octanol–water partition coefficient (Wildman–Crippen LogP) is 1.65. The molecule has 1 aromatic rings. The molecule has 0 radical (unpaired) electrons. The van der Waals surface area contributed by atoms with Crippen LogP contribution in [0.4, 0.5) is 0 Å². The third-order valence-corrected chi connectivity index (χ3v) is 2.76. The minimum atomic E-state index is -1.07. The van der Waals surface area contributed by atoms with E-state index in [-0.39, 0.29) is 11.6 Å². The summed E-state index contributed by atoms with van der Waals surface area (Å²) >= 11 is 0. The number of carbonyl (C=O) groups is 2. The number of carboxylic acid groups (broad SMARTS) is 1. The lowest BCUT2D eigenvalue weighted by Crippen LogP contribution is -2.28. The zero-order valence-corrected chi connectivity index (χ0v) is 12.0. The first kappa shape index (κ1) is 16.0. The summed E-state index contributed by atoms with van der Waals surface area (Å²) in [6.07, 6.45) is 0. The van der Waals surface area contributed by atoms with Gasteiger partial charge >= 0.3 is 5.97 Å². The Hall–Kier alpha value is -2.08. The molecule has 0 aromatic carbocycles. The molecule has 110 valence electrons. The highest BCUT2D eigenvalue weighted by Gasteiger charge is 2.21. The van der Waals surface area contributed by atoms with Gasteiger partial charge in [0.05, 0.1) is 18.8 Å². The number of aromatic amines is 1. The Morgan fingerprint density at radius 1 is 1.40 bits per heavy atom. The zero-order valence-electron chi connectivity index (χ0n) is 12.0. The second-order valence-corrected chi connectivity index (χ2v) is 4.70. The first-order chi connectivity index (χ1) is 9.34. The number of aryl methyl sites for hydroxylation is 1. The van der Waals surface area contributed by atoms with Crippen molar-refractivity contribution in [1.82, 2.24) is 10.3 Å². The van der Waals surface area contributed by atoms with Crippen LogP contribution in [0, 0.1) is 13.8 Å². The average Bonchev–Trinajstić information content (AvgIpc) is 2.64. The van der Waals surface area contributed by atoms with Crippen LogP contribution in [0.5, 0.6) is 0 Å². The zero-order chi connectivity index (χ0) is 15.3. The van der Waals surface area contributed by atoms with Crippen molar-refractivity contribution >= 4 is 11.9 Å². The van der Waals surface area contributed by atoms with E-state index in [1.165, 1.54) is 0 Å². The summed E-state index contributed by atoms with van der Waals surface area (Å²) < 4.78 is 5.27. The van der Waals surface area contributed by atoms with Crippen molar-refractivity contribution in [1.29, 1.82) is 0 Å². The lowest BCUT2D eigenvalue weighted by molar-refractivity contribution is 0.0690. The number of carbonyl (C=O) groups excluding carboxylic acids is 1. The van der Waals surface area contributed by atoms with Gasteiger partial charge in [-0.25, -0.2) is 4.79 Å². The lowest BCUT2D eigenvalue weighted by atomic mass is 10.1. The fraction of sp³-hybridized carbons (Fsp3) is 0.429. The van der Waals surface area contributed by atoms with Gasteiger partial charge in [0.2, 0.25) is 0 Å². The van der Waals surface area contributed by atoms with E-state index in [4.69, 9.17) is 9.84 Å². The van der Waals surface area contributed by atoms with Crippen LogP contribution >= 0.6 is 0 Å². The van der Waals surface area contributed by atoms with Gasteiger partial charge in [0, 0.05) is 12.2 Å². The van der Waals surface area contributed by atoms with Crippen molar-refractivity contribution in [3.8, 4) is 0 Å². The molecular weight excluding hydrogens is 260 g/mol. The van der Waals surface area contributed by atoms with Crippen LogP contribution in [-0.2, 0) is 4.74 Å². The Morgan fingerprint density at radius 3 is 2.55 bits per heavy atom. The summed E-state index contributed by atoms with van der Waals surface area (Å²) in [5, 5.41) is 11.7. The van der Waals surface area contributed by atoms with Crippen molar-refractivity contribution in [2.24, 2.45) is 0 Å². The van der Waals surface area contributed by atoms with Crippen LogP contribution in [0.1, 0.15) is 39.0 Å². The average molecular weight is 280 g/mol. The van der Waals surface area contributed by atoms with Crippen LogP contribution in [0.25, 0.3) is 0 Å². The fourth-order valence-electron chi connectivity index (χ4n) is 1.88. The maximum Gasteiger partial charge on any atom is 0.352 e. The number of aromatic nitrogens is 1. The van der Waals surface area contributed by atoms with Gasteiger partial charge in [0.25, 0.3) is 5.91 Å². The van der Waals surface area contributed by atoms with E-state index >= 15 is 0 Å². The highest BCUT2D eigenvalue weighted by atomic mass is 16.5. The standard InChI is InChI=1S/C14H20N2O4/c1-8(2)7-20-6-5-15-13(17)11-9(3)12(14(18)19)16-10(11)4/h16H,1,5-7H2,2-4H3,(H,15,17)(H,18,19). The van der Waals surface area contributed by atoms with Crippen LogP contribution in [0.3, 0.4) is 0 Å². The SMILES string of the molecule is C=C(C)COCCNC(=O)c1c(C)[nH]c(C(=O)O)c1C. The predicted molar refractivity (Wildman–Crippen MR) is 75.2 cm³/mol. The molecule has 0 saturated heterocycles. The second kappa shape index (κ2) is 6.91. The Kier molecular flexibility index (Phi) is 5.52. The van der Waals surface area contributed by atoms with E-state index in [1.807, 2.05) is 6.92 Å². The summed E-state index contributed by atoms with van der Waals surface area (Å²) in [4.78, 5) is 25.7. The number of H-pyrrole nitrogens is 1. The largest absolute Gasteiger partial charge is 0.477 e. The Bertz CT molecular complexity index is 532. The molecular formula is C14H20N2O4. The summed E-state index contributed by atoms with van der Waals surface area (Å²) in [6.45, 7) is 10.0. The number of amides is 1. The minimum Gasteiger partial charge on any atom is -0.477 e. The molecule has 0 aliphatic rings. The highest BCUT2D eigenvalue weighted by molar-refractivity contribution is 6.00. The van der Waals surface area contributed by atoms with Gasteiger partial charge in [-0.1, -0.05) is 12.2 Å². The van der Waals surface area contributed by atoms with Crippen LogP contribution < -0.4 is 5.32 Å². The molecule has 6 heteroatoms. The molecule has 0 aliphatic heterocycles. The molecule has 0 saturated carbocycles. The molecule has 1 rings (SSSR count). The van der Waals surface area contributed by atoms with E-state index in [2.05, 4.69) is 16.9 Å². The molecule has 0 spiro atoms. The van der Waals surface area contributed by atoms with Gasteiger partial charge < -0.3 is 20.1 Å². The van der Waals surface area contributed by atoms with E-state index in [0.29, 0.717) is 36.6 Å². The normalized spacial score (nSPS) is 10.3. The molecule has 0 unspecified atom stereocenters. The first-order valence-corrected chi connectivity index (χ1v) is 6.27. The van der Waals surface area contributed by atoms with Gasteiger partial charge in [-0.2, -0.15) is 0 Å². The lowest BCUT2D eigenvalue weighted by Gasteiger charge is -2.07. The summed E-state index contributed by atoms with van der Waals surface area (Å²) in [6, 6.07) is 0.